The highest BCUT2D eigenvalue weighted by Crippen LogP contribution is 2.20. The number of nitrogens with one attached hydrogen (secondary N) is 2. The minimum absolute atomic E-state index is 0.133. The highest BCUT2D eigenvalue weighted by molar-refractivity contribution is 5.68. The molecule has 0 heterocycles. The van der Waals surface area contributed by atoms with Crippen molar-refractivity contribution in [1.82, 2.24) is 10.6 Å². The van der Waals surface area contributed by atoms with Gasteiger partial charge in [-0.15, -0.1) is 0 Å². The molecule has 0 saturated heterocycles. The molecule has 0 aliphatic heterocycles. The van der Waals surface area contributed by atoms with Crippen LogP contribution in [0.1, 0.15) is 60.3 Å². The Hall–Kier alpha value is -0.810. The summed E-state index contributed by atoms with van der Waals surface area (Å²) in [5.74, 6) is 0. The zero-order valence-corrected chi connectivity index (χ0v) is 14.4. The smallest absolute Gasteiger partial charge is 0.407 e. The predicted molar refractivity (Wildman–Crippen MR) is 84.5 cm³/mol. The van der Waals surface area contributed by atoms with E-state index in [9.17, 15) is 4.79 Å². The largest absolute Gasteiger partial charge is 0.444 e. The van der Waals surface area contributed by atoms with Gasteiger partial charge in [-0.3, -0.25) is 0 Å². The summed E-state index contributed by atoms with van der Waals surface area (Å²) in [6, 6.07) is 0.740. The van der Waals surface area contributed by atoms with Gasteiger partial charge in [0.15, 0.2) is 0 Å². The van der Waals surface area contributed by atoms with Gasteiger partial charge in [0.25, 0.3) is 0 Å². The van der Waals surface area contributed by atoms with E-state index in [1.165, 1.54) is 0 Å². The fourth-order valence-corrected chi connectivity index (χ4v) is 2.38. The van der Waals surface area contributed by atoms with Crippen molar-refractivity contribution in [2.24, 2.45) is 0 Å². The Labute approximate surface area is 129 Å². The number of rotatable bonds is 5. The van der Waals surface area contributed by atoms with Crippen molar-refractivity contribution in [2.75, 3.05) is 13.7 Å². The molecule has 1 rings (SSSR count). The van der Waals surface area contributed by atoms with Gasteiger partial charge in [-0.2, -0.15) is 0 Å². The van der Waals surface area contributed by atoms with Crippen LogP contribution in [0.25, 0.3) is 0 Å². The van der Waals surface area contributed by atoms with Gasteiger partial charge in [-0.05, 0) is 60.3 Å². The second-order valence-corrected chi connectivity index (χ2v) is 7.54. The first-order valence-electron chi connectivity index (χ1n) is 7.89. The standard InChI is InChI=1S/C16H32N2O3/c1-15(2,3)21-14(19)18-13-9-7-12(8-10-13)17-11-16(4,5)20-6/h12-13,17H,7-11H2,1-6H3,(H,18,19). The summed E-state index contributed by atoms with van der Waals surface area (Å²) in [4.78, 5) is 11.7. The van der Waals surface area contributed by atoms with Crippen LogP contribution >= 0.6 is 0 Å². The molecule has 0 spiro atoms. The zero-order chi connectivity index (χ0) is 16.1. The molecule has 1 saturated carbocycles. The van der Waals surface area contributed by atoms with Crippen LogP contribution in [-0.4, -0.2) is 43.0 Å². The molecular weight excluding hydrogens is 268 g/mol. The number of hydrogen-bond donors (Lipinski definition) is 2. The Morgan fingerprint density at radius 2 is 1.57 bits per heavy atom. The number of amides is 1. The van der Waals surface area contributed by atoms with Gasteiger partial charge < -0.3 is 20.1 Å². The molecule has 1 fully saturated rings. The molecule has 0 aromatic carbocycles. The van der Waals surface area contributed by atoms with Crippen LogP contribution in [-0.2, 0) is 9.47 Å². The Morgan fingerprint density at radius 1 is 1.05 bits per heavy atom. The predicted octanol–water partition coefficient (Wildman–Crippen LogP) is 2.84. The fourth-order valence-electron chi connectivity index (χ4n) is 2.38. The highest BCUT2D eigenvalue weighted by Gasteiger charge is 2.26. The van der Waals surface area contributed by atoms with E-state index in [1.807, 2.05) is 20.8 Å². The maximum Gasteiger partial charge on any atom is 0.407 e. The van der Waals surface area contributed by atoms with Crippen LogP contribution in [0, 0.1) is 0 Å². The molecule has 1 amide bonds. The first-order valence-corrected chi connectivity index (χ1v) is 7.89. The van der Waals surface area contributed by atoms with Gasteiger partial charge in [0.05, 0.1) is 5.60 Å². The van der Waals surface area contributed by atoms with Gasteiger partial charge in [0, 0.05) is 25.7 Å². The zero-order valence-electron chi connectivity index (χ0n) is 14.4. The third kappa shape index (κ3) is 7.67. The topological polar surface area (TPSA) is 59.6 Å². The van der Waals surface area contributed by atoms with Crippen molar-refractivity contribution in [3.05, 3.63) is 0 Å². The average molecular weight is 300 g/mol. The molecule has 0 aromatic heterocycles. The second-order valence-electron chi connectivity index (χ2n) is 7.54. The van der Waals surface area contributed by atoms with E-state index in [2.05, 4.69) is 24.5 Å². The molecule has 124 valence electrons. The Morgan fingerprint density at radius 3 is 2.05 bits per heavy atom. The molecule has 0 bridgehead atoms. The molecule has 0 radical (unpaired) electrons. The van der Waals surface area contributed by atoms with Crippen molar-refractivity contribution >= 4 is 6.09 Å². The van der Waals surface area contributed by atoms with Gasteiger partial charge in [0.2, 0.25) is 0 Å². The van der Waals surface area contributed by atoms with E-state index in [4.69, 9.17) is 9.47 Å². The molecule has 5 heteroatoms. The summed E-state index contributed by atoms with van der Waals surface area (Å²) >= 11 is 0. The summed E-state index contributed by atoms with van der Waals surface area (Å²) in [5, 5.41) is 6.52. The molecule has 0 aromatic rings. The number of alkyl carbamates (subject to hydrolysis) is 1. The molecule has 0 atom stereocenters. The Bertz CT molecular complexity index is 329. The molecule has 21 heavy (non-hydrogen) atoms. The maximum absolute atomic E-state index is 11.7. The number of carbonyl (C=O) groups is 1. The number of ether oxygens (including phenoxy) is 2. The summed E-state index contributed by atoms with van der Waals surface area (Å²) < 4.78 is 10.7. The van der Waals surface area contributed by atoms with Gasteiger partial charge >= 0.3 is 6.09 Å². The summed E-state index contributed by atoms with van der Waals surface area (Å²) in [6.07, 6.45) is 3.81. The van der Waals surface area contributed by atoms with Crippen LogP contribution in [0.2, 0.25) is 0 Å². The molecule has 2 N–H and O–H groups in total. The van der Waals surface area contributed by atoms with Crippen molar-refractivity contribution < 1.29 is 14.3 Å². The normalized spacial score (nSPS) is 23.7. The maximum atomic E-state index is 11.7. The number of methoxy groups -OCH3 is 1. The quantitative estimate of drug-likeness (QED) is 0.819. The van der Waals surface area contributed by atoms with E-state index >= 15 is 0 Å². The molecular formula is C16H32N2O3. The Kier molecular flexibility index (Phi) is 6.47. The van der Waals surface area contributed by atoms with Crippen LogP contribution in [0.15, 0.2) is 0 Å². The molecule has 5 nitrogen and oxygen atoms in total. The summed E-state index contributed by atoms with van der Waals surface area (Å²) in [6.45, 7) is 10.6. The molecule has 1 aliphatic rings. The van der Waals surface area contributed by atoms with Crippen molar-refractivity contribution in [2.45, 2.75) is 83.6 Å². The monoisotopic (exact) mass is 300 g/mol. The Balaban J connectivity index is 2.25. The van der Waals surface area contributed by atoms with Crippen LogP contribution in [0.3, 0.4) is 0 Å². The van der Waals surface area contributed by atoms with E-state index in [0.717, 1.165) is 32.2 Å². The first kappa shape index (κ1) is 18.2. The SMILES string of the molecule is COC(C)(C)CNC1CCC(NC(=O)OC(C)(C)C)CC1. The third-order valence-electron chi connectivity index (χ3n) is 3.82. The first-order chi connectivity index (χ1) is 9.61. The minimum Gasteiger partial charge on any atom is -0.444 e. The van der Waals surface area contributed by atoms with Crippen molar-refractivity contribution in [3.63, 3.8) is 0 Å². The summed E-state index contributed by atoms with van der Waals surface area (Å²) in [5.41, 5.74) is -0.569. The number of carbonyl (C=O) groups excluding carboxylic acids is 1. The van der Waals surface area contributed by atoms with E-state index in [0.29, 0.717) is 6.04 Å². The van der Waals surface area contributed by atoms with Crippen LogP contribution < -0.4 is 10.6 Å². The molecule has 1 aliphatic carbocycles. The lowest BCUT2D eigenvalue weighted by Gasteiger charge is -2.33. The minimum atomic E-state index is -0.436. The third-order valence-corrected chi connectivity index (χ3v) is 3.82. The van der Waals surface area contributed by atoms with E-state index < -0.39 is 5.60 Å². The van der Waals surface area contributed by atoms with Gasteiger partial charge in [-0.1, -0.05) is 0 Å². The lowest BCUT2D eigenvalue weighted by atomic mass is 9.91. The van der Waals surface area contributed by atoms with Crippen molar-refractivity contribution in [1.29, 1.82) is 0 Å². The van der Waals surface area contributed by atoms with Crippen LogP contribution in [0.5, 0.6) is 0 Å². The molecule has 0 unspecified atom stereocenters. The lowest BCUT2D eigenvalue weighted by Crippen LogP contribution is -2.46. The van der Waals surface area contributed by atoms with Crippen molar-refractivity contribution in [3.8, 4) is 0 Å². The second kappa shape index (κ2) is 7.45. The average Bonchev–Trinajstić information content (AvgIpc) is 2.36. The van der Waals surface area contributed by atoms with Gasteiger partial charge in [-0.25, -0.2) is 4.79 Å². The van der Waals surface area contributed by atoms with Crippen LogP contribution in [0.4, 0.5) is 4.79 Å². The number of hydrogen-bond acceptors (Lipinski definition) is 4. The fraction of sp³-hybridized carbons (Fsp3) is 0.938. The highest BCUT2D eigenvalue weighted by atomic mass is 16.6. The van der Waals surface area contributed by atoms with Gasteiger partial charge in [0.1, 0.15) is 5.60 Å². The summed E-state index contributed by atoms with van der Waals surface area (Å²) in [7, 11) is 1.74. The van der Waals surface area contributed by atoms with E-state index in [1.54, 1.807) is 7.11 Å². The lowest BCUT2D eigenvalue weighted by molar-refractivity contribution is 0.0197. The van der Waals surface area contributed by atoms with E-state index in [-0.39, 0.29) is 17.7 Å².